The van der Waals surface area contributed by atoms with Gasteiger partial charge in [0, 0.05) is 16.8 Å². The maximum absolute atomic E-state index is 6.23. The van der Waals surface area contributed by atoms with Gasteiger partial charge in [0.2, 0.25) is 0 Å². The van der Waals surface area contributed by atoms with E-state index >= 15 is 0 Å². The minimum absolute atomic E-state index is 0.385. The van der Waals surface area contributed by atoms with Gasteiger partial charge < -0.3 is 4.74 Å². The van der Waals surface area contributed by atoms with E-state index in [9.17, 15) is 0 Å². The summed E-state index contributed by atoms with van der Waals surface area (Å²) >= 11 is 0. The molecule has 1 nitrogen and oxygen atoms in total. The molecule has 0 aromatic carbocycles. The van der Waals surface area contributed by atoms with E-state index in [1.54, 1.807) is 0 Å². The van der Waals surface area contributed by atoms with Gasteiger partial charge in [-0.2, -0.15) is 0 Å². The molecule has 2 saturated carbocycles. The Hall–Kier alpha value is 0.177. The first-order valence-corrected chi connectivity index (χ1v) is 7.38. The van der Waals surface area contributed by atoms with Gasteiger partial charge in [-0.1, -0.05) is 0 Å². The van der Waals surface area contributed by atoms with Crippen molar-refractivity contribution >= 4 is 10.2 Å². The number of fused-ring (bicyclic) bond motifs is 2. The molecule has 0 radical (unpaired) electrons. The lowest BCUT2D eigenvalue weighted by molar-refractivity contribution is -0.0996. The average molecular weight is 210 g/mol. The van der Waals surface area contributed by atoms with E-state index in [2.05, 4.69) is 0 Å². The molecule has 3 rings (SSSR count). The van der Waals surface area contributed by atoms with Crippen LogP contribution in [0.2, 0.25) is 0 Å². The Bertz CT molecular complexity index is 224. The van der Waals surface area contributed by atoms with Crippen molar-refractivity contribution in [3.8, 4) is 0 Å². The molecular weight excluding hydrogens is 188 g/mol. The van der Waals surface area contributed by atoms with E-state index < -0.39 is 0 Å². The van der Waals surface area contributed by atoms with Crippen molar-refractivity contribution in [1.29, 1.82) is 0 Å². The maximum Gasteiger partial charge on any atom is 0.0540 e. The Morgan fingerprint density at radius 1 is 1.07 bits per heavy atom. The van der Waals surface area contributed by atoms with Gasteiger partial charge >= 0.3 is 0 Å². The van der Waals surface area contributed by atoms with Crippen LogP contribution in [0.25, 0.3) is 0 Å². The molecule has 0 amide bonds. The molecule has 1 saturated heterocycles. The normalized spacial score (nSPS) is 52.7. The minimum atomic E-state index is 0.385. The highest BCUT2D eigenvalue weighted by Crippen LogP contribution is 2.61. The van der Waals surface area contributed by atoms with Crippen LogP contribution in [0.4, 0.5) is 0 Å². The van der Waals surface area contributed by atoms with E-state index in [0.29, 0.717) is 10.6 Å². The van der Waals surface area contributed by atoms with Gasteiger partial charge in [-0.3, -0.25) is 0 Å². The smallest absolute Gasteiger partial charge is 0.0540 e. The summed E-state index contributed by atoms with van der Waals surface area (Å²) in [6, 6.07) is 0. The van der Waals surface area contributed by atoms with E-state index in [1.807, 2.05) is 0 Å². The predicted molar refractivity (Wildman–Crippen MR) is 61.5 cm³/mol. The summed E-state index contributed by atoms with van der Waals surface area (Å²) in [7, 11) is 1.26. The van der Waals surface area contributed by atoms with Crippen molar-refractivity contribution in [2.75, 3.05) is 6.61 Å². The summed E-state index contributed by atoms with van der Waals surface area (Å²) in [4.78, 5) is 0. The predicted octanol–water partition coefficient (Wildman–Crippen LogP) is 1.83. The highest BCUT2D eigenvalue weighted by molar-refractivity contribution is 6.15. The molecule has 0 aromatic rings. The second-order valence-corrected chi connectivity index (χ2v) is 7.58. The SMILES string of the molecule is [SiH3]C1(C23CCC(CC2)C3)CCCCO1. The van der Waals surface area contributed by atoms with E-state index in [1.165, 1.54) is 61.6 Å². The third-order valence-corrected chi connectivity index (χ3v) is 7.18. The first kappa shape index (κ1) is 9.41. The second-order valence-electron chi connectivity index (χ2n) is 5.96. The lowest BCUT2D eigenvalue weighted by atomic mass is 9.75. The van der Waals surface area contributed by atoms with Crippen LogP contribution in [-0.4, -0.2) is 22.1 Å². The third kappa shape index (κ3) is 1.16. The van der Waals surface area contributed by atoms with Crippen molar-refractivity contribution in [3.05, 3.63) is 0 Å². The van der Waals surface area contributed by atoms with Crippen LogP contribution >= 0.6 is 0 Å². The van der Waals surface area contributed by atoms with Crippen molar-refractivity contribution in [1.82, 2.24) is 0 Å². The molecule has 3 fully saturated rings. The Morgan fingerprint density at radius 2 is 1.86 bits per heavy atom. The van der Waals surface area contributed by atoms with Crippen LogP contribution in [0.15, 0.2) is 0 Å². The van der Waals surface area contributed by atoms with Crippen LogP contribution in [0, 0.1) is 11.3 Å². The average Bonchev–Trinajstić information content (AvgIpc) is 2.80. The van der Waals surface area contributed by atoms with Crippen molar-refractivity contribution in [3.63, 3.8) is 0 Å². The maximum atomic E-state index is 6.23. The molecule has 0 spiro atoms. The molecule has 1 atom stereocenters. The van der Waals surface area contributed by atoms with Crippen molar-refractivity contribution < 1.29 is 4.74 Å². The summed E-state index contributed by atoms with van der Waals surface area (Å²) < 4.78 is 6.23. The monoisotopic (exact) mass is 210 g/mol. The molecule has 2 heteroatoms. The summed E-state index contributed by atoms with van der Waals surface area (Å²) in [5.41, 5.74) is 0.657. The number of ether oxygens (including phenoxy) is 1. The minimum Gasteiger partial charge on any atom is -0.379 e. The third-order valence-electron chi connectivity index (χ3n) is 5.33. The molecule has 2 bridgehead atoms. The fourth-order valence-corrected chi connectivity index (χ4v) is 5.55. The summed E-state index contributed by atoms with van der Waals surface area (Å²) in [5, 5.41) is 0.385. The Kier molecular flexibility index (Phi) is 2.07. The first-order chi connectivity index (χ1) is 6.74. The van der Waals surface area contributed by atoms with Crippen LogP contribution < -0.4 is 0 Å². The van der Waals surface area contributed by atoms with Gasteiger partial charge in [0.1, 0.15) is 0 Å². The standard InChI is InChI=1S/C12H22OSi/c14-12(5-1-2-8-13-12)11-6-3-10(9-11)4-7-11/h10H,1-9H2,14H3. The van der Waals surface area contributed by atoms with Crippen molar-refractivity contribution in [2.24, 2.45) is 11.3 Å². The van der Waals surface area contributed by atoms with E-state index in [4.69, 9.17) is 4.74 Å². The van der Waals surface area contributed by atoms with Crippen molar-refractivity contribution in [2.45, 2.75) is 56.6 Å². The van der Waals surface area contributed by atoms with Crippen LogP contribution in [0.5, 0.6) is 0 Å². The molecule has 1 aliphatic heterocycles. The Morgan fingerprint density at radius 3 is 2.36 bits per heavy atom. The molecule has 1 unspecified atom stereocenters. The molecule has 0 N–H and O–H groups in total. The first-order valence-electron chi connectivity index (χ1n) is 6.38. The zero-order valence-corrected chi connectivity index (χ0v) is 11.3. The topological polar surface area (TPSA) is 9.23 Å². The van der Waals surface area contributed by atoms with Gasteiger partial charge in [-0.25, -0.2) is 0 Å². The second kappa shape index (κ2) is 3.08. The Labute approximate surface area is 90.0 Å². The van der Waals surface area contributed by atoms with Gasteiger partial charge in [0.25, 0.3) is 0 Å². The number of hydrogen-bond donors (Lipinski definition) is 0. The largest absolute Gasteiger partial charge is 0.379 e. The van der Waals surface area contributed by atoms with Crippen LogP contribution in [0.3, 0.4) is 0 Å². The highest BCUT2D eigenvalue weighted by atomic mass is 28.1. The molecule has 1 heterocycles. The molecule has 80 valence electrons. The Balaban J connectivity index is 1.85. The number of hydrogen-bond acceptors (Lipinski definition) is 1. The zero-order valence-electron chi connectivity index (χ0n) is 9.35. The van der Waals surface area contributed by atoms with Gasteiger partial charge in [-0.15, -0.1) is 0 Å². The molecule has 3 aliphatic rings. The van der Waals surface area contributed by atoms with E-state index in [0.717, 1.165) is 12.5 Å². The van der Waals surface area contributed by atoms with Gasteiger partial charge in [-0.05, 0) is 62.7 Å². The fourth-order valence-electron chi connectivity index (χ4n) is 4.29. The number of rotatable bonds is 1. The highest BCUT2D eigenvalue weighted by Gasteiger charge is 2.56. The van der Waals surface area contributed by atoms with Gasteiger partial charge in [0.15, 0.2) is 0 Å². The summed E-state index contributed by atoms with van der Waals surface area (Å²) in [6.45, 7) is 1.05. The molecule has 0 aromatic heterocycles. The van der Waals surface area contributed by atoms with Crippen LogP contribution in [-0.2, 0) is 4.74 Å². The van der Waals surface area contributed by atoms with Crippen LogP contribution in [0.1, 0.15) is 51.4 Å². The summed E-state index contributed by atoms with van der Waals surface area (Å²) in [6.07, 6.45) is 11.6. The van der Waals surface area contributed by atoms with E-state index in [-0.39, 0.29) is 0 Å². The zero-order chi connectivity index (χ0) is 9.65. The molecule has 14 heavy (non-hydrogen) atoms. The quantitative estimate of drug-likeness (QED) is 0.600. The van der Waals surface area contributed by atoms with Gasteiger partial charge in [0.05, 0.1) is 5.22 Å². The molecular formula is C12H22OSi. The fraction of sp³-hybridized carbons (Fsp3) is 1.00. The lowest BCUT2D eigenvalue weighted by Gasteiger charge is -2.48. The molecule has 2 aliphatic carbocycles. The lowest BCUT2D eigenvalue weighted by Crippen LogP contribution is -2.50. The summed E-state index contributed by atoms with van der Waals surface area (Å²) in [5.74, 6) is 1.08.